The van der Waals surface area contributed by atoms with Crippen molar-refractivity contribution < 1.29 is 19.7 Å². The molecule has 1 amide bonds. The van der Waals surface area contributed by atoms with Crippen LogP contribution in [0.2, 0.25) is 0 Å². The van der Waals surface area contributed by atoms with Crippen LogP contribution in [-0.2, 0) is 4.74 Å². The number of carbonyl (C=O) groups is 1. The largest absolute Gasteiger partial charge is 0.444 e. The maximum Gasteiger partial charge on any atom is 0.410 e. The second kappa shape index (κ2) is 6.81. The second-order valence-electron chi connectivity index (χ2n) is 5.62. The highest BCUT2D eigenvalue weighted by molar-refractivity contribution is 5.68. The van der Waals surface area contributed by atoms with Crippen molar-refractivity contribution in [1.29, 1.82) is 0 Å². The van der Waals surface area contributed by atoms with Crippen molar-refractivity contribution in [1.82, 2.24) is 4.90 Å². The van der Waals surface area contributed by atoms with Crippen molar-refractivity contribution in [3.05, 3.63) is 0 Å². The van der Waals surface area contributed by atoms with Crippen LogP contribution in [0.15, 0.2) is 0 Å². The van der Waals surface area contributed by atoms with E-state index in [0.717, 1.165) is 0 Å². The van der Waals surface area contributed by atoms with Gasteiger partial charge in [-0.1, -0.05) is 13.8 Å². The zero-order valence-electron chi connectivity index (χ0n) is 11.4. The topological polar surface area (TPSA) is 70.0 Å². The molecule has 2 N–H and O–H groups in total. The summed E-state index contributed by atoms with van der Waals surface area (Å²) in [4.78, 5) is 13.3. The average Bonchev–Trinajstić information content (AvgIpc) is 2.13. The van der Waals surface area contributed by atoms with Gasteiger partial charge in [-0.15, -0.1) is 0 Å². The molecule has 0 aliphatic rings. The number of aliphatic hydroxyl groups is 2. The van der Waals surface area contributed by atoms with Crippen molar-refractivity contribution in [2.75, 3.05) is 19.7 Å². The molecule has 0 rings (SSSR count). The fourth-order valence-electron chi connectivity index (χ4n) is 1.30. The Bertz CT molecular complexity index is 235. The summed E-state index contributed by atoms with van der Waals surface area (Å²) >= 11 is 0. The fourth-order valence-corrected chi connectivity index (χ4v) is 1.30. The van der Waals surface area contributed by atoms with Gasteiger partial charge in [0.25, 0.3) is 0 Å². The summed E-state index contributed by atoms with van der Waals surface area (Å²) in [7, 11) is 0. The molecule has 0 aromatic carbocycles. The Morgan fingerprint density at radius 1 is 1.29 bits per heavy atom. The van der Waals surface area contributed by atoms with E-state index in [1.165, 1.54) is 4.90 Å². The lowest BCUT2D eigenvalue weighted by Crippen LogP contribution is -2.43. The van der Waals surface area contributed by atoms with Crippen molar-refractivity contribution in [2.45, 2.75) is 46.3 Å². The minimum atomic E-state index is -0.929. The van der Waals surface area contributed by atoms with E-state index in [2.05, 4.69) is 0 Å². The van der Waals surface area contributed by atoms with Gasteiger partial charge in [0.2, 0.25) is 0 Å². The van der Waals surface area contributed by atoms with E-state index >= 15 is 0 Å². The lowest BCUT2D eigenvalue weighted by molar-refractivity contribution is 0.00487. The molecule has 5 heteroatoms. The molecule has 0 radical (unpaired) electrons. The third-order valence-electron chi connectivity index (χ3n) is 1.88. The van der Waals surface area contributed by atoms with Crippen LogP contribution < -0.4 is 0 Å². The first-order valence-corrected chi connectivity index (χ1v) is 5.92. The van der Waals surface area contributed by atoms with E-state index in [9.17, 15) is 9.90 Å². The normalized spacial score (nSPS) is 13.6. The van der Waals surface area contributed by atoms with Crippen molar-refractivity contribution in [3.63, 3.8) is 0 Å². The van der Waals surface area contributed by atoms with E-state index < -0.39 is 17.8 Å². The SMILES string of the molecule is CC(C)CN(C[C@@H](O)CO)C(=O)OC(C)(C)C. The van der Waals surface area contributed by atoms with Gasteiger partial charge in [0.15, 0.2) is 0 Å². The van der Waals surface area contributed by atoms with E-state index in [1.807, 2.05) is 13.8 Å². The number of carbonyl (C=O) groups excluding carboxylic acids is 1. The summed E-state index contributed by atoms with van der Waals surface area (Å²) in [5.41, 5.74) is -0.559. The maximum atomic E-state index is 11.9. The van der Waals surface area contributed by atoms with Gasteiger partial charge in [0.1, 0.15) is 5.60 Å². The van der Waals surface area contributed by atoms with Crippen LogP contribution in [-0.4, -0.2) is 52.6 Å². The lowest BCUT2D eigenvalue weighted by atomic mass is 10.2. The van der Waals surface area contributed by atoms with Gasteiger partial charge in [0, 0.05) is 6.54 Å². The molecule has 0 bridgehead atoms. The van der Waals surface area contributed by atoms with Crippen LogP contribution in [0.1, 0.15) is 34.6 Å². The molecule has 0 unspecified atom stereocenters. The van der Waals surface area contributed by atoms with Gasteiger partial charge >= 0.3 is 6.09 Å². The highest BCUT2D eigenvalue weighted by atomic mass is 16.6. The Kier molecular flexibility index (Phi) is 6.49. The predicted octanol–water partition coefficient (Wildman–Crippen LogP) is 1.23. The molecule has 0 aromatic rings. The predicted molar refractivity (Wildman–Crippen MR) is 65.7 cm³/mol. The number of hydrogen-bond donors (Lipinski definition) is 2. The van der Waals surface area contributed by atoms with Crippen molar-refractivity contribution >= 4 is 6.09 Å². The van der Waals surface area contributed by atoms with E-state index in [0.29, 0.717) is 6.54 Å². The summed E-state index contributed by atoms with van der Waals surface area (Å²) in [5.74, 6) is 0.272. The van der Waals surface area contributed by atoms with Gasteiger partial charge in [-0.25, -0.2) is 4.79 Å². The number of rotatable bonds is 5. The van der Waals surface area contributed by atoms with E-state index in [4.69, 9.17) is 9.84 Å². The summed E-state index contributed by atoms with van der Waals surface area (Å²) in [6.07, 6.45) is -1.39. The third kappa shape index (κ3) is 7.99. The molecule has 5 nitrogen and oxygen atoms in total. The molecule has 0 saturated carbocycles. The molecule has 0 aliphatic heterocycles. The zero-order valence-corrected chi connectivity index (χ0v) is 11.4. The van der Waals surface area contributed by atoms with Crippen molar-refractivity contribution in [3.8, 4) is 0 Å². The van der Waals surface area contributed by atoms with Gasteiger partial charge in [0.05, 0.1) is 19.3 Å². The van der Waals surface area contributed by atoms with Gasteiger partial charge in [-0.3, -0.25) is 0 Å². The average molecular weight is 247 g/mol. The van der Waals surface area contributed by atoms with Crippen molar-refractivity contribution in [2.24, 2.45) is 5.92 Å². The molecule has 0 heterocycles. The number of nitrogens with zero attached hydrogens (tertiary/aromatic N) is 1. The van der Waals surface area contributed by atoms with Crippen LogP contribution in [0.3, 0.4) is 0 Å². The Morgan fingerprint density at radius 2 is 1.82 bits per heavy atom. The van der Waals surface area contributed by atoms with Crippen LogP contribution >= 0.6 is 0 Å². The molecule has 0 fully saturated rings. The maximum absolute atomic E-state index is 11.9. The highest BCUT2D eigenvalue weighted by Crippen LogP contribution is 2.11. The van der Waals surface area contributed by atoms with Crippen LogP contribution in [0, 0.1) is 5.92 Å². The molecule has 102 valence electrons. The van der Waals surface area contributed by atoms with E-state index in [-0.39, 0.29) is 19.1 Å². The lowest BCUT2D eigenvalue weighted by Gasteiger charge is -2.29. The van der Waals surface area contributed by atoms with E-state index in [1.54, 1.807) is 20.8 Å². The van der Waals surface area contributed by atoms with Gasteiger partial charge in [-0.05, 0) is 26.7 Å². The number of ether oxygens (including phenoxy) is 1. The molecule has 0 saturated heterocycles. The molecular formula is C12H25NO4. The summed E-state index contributed by atoms with van der Waals surface area (Å²) in [6.45, 7) is 9.54. The molecule has 0 spiro atoms. The number of hydrogen-bond acceptors (Lipinski definition) is 4. The monoisotopic (exact) mass is 247 g/mol. The summed E-state index contributed by atoms with van der Waals surface area (Å²) < 4.78 is 5.24. The summed E-state index contributed by atoms with van der Waals surface area (Å²) in [5, 5.41) is 18.2. The molecule has 17 heavy (non-hydrogen) atoms. The Hall–Kier alpha value is -0.810. The first-order chi connectivity index (χ1) is 7.65. The van der Waals surface area contributed by atoms with Crippen LogP contribution in [0.25, 0.3) is 0 Å². The zero-order chi connectivity index (χ0) is 13.6. The molecule has 0 aromatic heterocycles. The highest BCUT2D eigenvalue weighted by Gasteiger charge is 2.24. The first kappa shape index (κ1) is 16.2. The van der Waals surface area contributed by atoms with Crippen LogP contribution in [0.4, 0.5) is 4.79 Å². The minimum absolute atomic E-state index is 0.0869. The van der Waals surface area contributed by atoms with Gasteiger partial charge in [-0.2, -0.15) is 0 Å². The smallest absolute Gasteiger partial charge is 0.410 e. The minimum Gasteiger partial charge on any atom is -0.444 e. The number of aliphatic hydroxyl groups excluding tert-OH is 2. The molecular weight excluding hydrogens is 222 g/mol. The Labute approximate surface area is 103 Å². The third-order valence-corrected chi connectivity index (χ3v) is 1.88. The Balaban J connectivity index is 4.50. The first-order valence-electron chi connectivity index (χ1n) is 5.92. The Morgan fingerprint density at radius 3 is 2.18 bits per heavy atom. The molecule has 0 aliphatic carbocycles. The summed E-state index contributed by atoms with van der Waals surface area (Å²) in [6, 6.07) is 0. The standard InChI is InChI=1S/C12H25NO4/c1-9(2)6-13(7-10(15)8-14)11(16)17-12(3,4)5/h9-10,14-15H,6-8H2,1-5H3/t10-/m1/s1. The van der Waals surface area contributed by atoms with Gasteiger partial charge < -0.3 is 19.8 Å². The second-order valence-corrected chi connectivity index (χ2v) is 5.62. The van der Waals surface area contributed by atoms with Crippen LogP contribution in [0.5, 0.6) is 0 Å². The quantitative estimate of drug-likeness (QED) is 0.766. The molecule has 1 atom stereocenters. The fraction of sp³-hybridized carbons (Fsp3) is 0.917. The number of amides is 1.